The van der Waals surface area contributed by atoms with Gasteiger partial charge < -0.3 is 5.32 Å². The minimum atomic E-state index is 0.0126. The van der Waals surface area contributed by atoms with Crippen molar-refractivity contribution in [2.45, 2.75) is 38.6 Å². The molecule has 4 nitrogen and oxygen atoms in total. The van der Waals surface area contributed by atoms with Crippen LogP contribution in [0.3, 0.4) is 0 Å². The number of imide groups is 1. The molecule has 0 bridgehead atoms. The van der Waals surface area contributed by atoms with E-state index in [2.05, 4.69) is 12.2 Å². The van der Waals surface area contributed by atoms with Crippen LogP contribution in [0.5, 0.6) is 0 Å². The van der Waals surface area contributed by atoms with Crippen molar-refractivity contribution in [3.05, 3.63) is 0 Å². The van der Waals surface area contributed by atoms with Crippen molar-refractivity contribution in [1.82, 2.24) is 10.2 Å². The second-order valence-electron chi connectivity index (χ2n) is 4.65. The minimum Gasteiger partial charge on any atom is -0.314 e. The number of hydrogen-bond donors (Lipinski definition) is 1. The van der Waals surface area contributed by atoms with Crippen LogP contribution in [0.1, 0.15) is 32.6 Å². The SMILES string of the molecule is CC1CCC(CN2C(=O)CCC2=O)CN1. The van der Waals surface area contributed by atoms with Crippen LogP contribution in [0.4, 0.5) is 0 Å². The zero-order chi connectivity index (χ0) is 10.8. The fraction of sp³-hybridized carbons (Fsp3) is 0.818. The molecule has 0 aromatic heterocycles. The molecule has 0 aliphatic carbocycles. The Morgan fingerprint density at radius 1 is 1.27 bits per heavy atom. The van der Waals surface area contributed by atoms with Crippen LogP contribution in [-0.4, -0.2) is 35.8 Å². The fourth-order valence-electron chi connectivity index (χ4n) is 2.30. The van der Waals surface area contributed by atoms with Crippen molar-refractivity contribution >= 4 is 11.8 Å². The van der Waals surface area contributed by atoms with Crippen molar-refractivity contribution in [3.63, 3.8) is 0 Å². The number of amides is 2. The molecule has 1 N–H and O–H groups in total. The van der Waals surface area contributed by atoms with Gasteiger partial charge in [-0.05, 0) is 32.2 Å². The molecule has 2 unspecified atom stereocenters. The average molecular weight is 210 g/mol. The highest BCUT2D eigenvalue weighted by Gasteiger charge is 2.31. The van der Waals surface area contributed by atoms with E-state index >= 15 is 0 Å². The quantitative estimate of drug-likeness (QED) is 0.676. The number of rotatable bonds is 2. The van der Waals surface area contributed by atoms with E-state index in [0.29, 0.717) is 31.3 Å². The highest BCUT2D eigenvalue weighted by Crippen LogP contribution is 2.19. The monoisotopic (exact) mass is 210 g/mol. The molecule has 4 heteroatoms. The Bertz CT molecular complexity index is 254. The lowest BCUT2D eigenvalue weighted by Gasteiger charge is -2.29. The molecule has 0 spiro atoms. The molecular formula is C11H18N2O2. The number of hydrogen-bond acceptors (Lipinski definition) is 3. The number of carbonyl (C=O) groups is 2. The maximum atomic E-state index is 11.4. The van der Waals surface area contributed by atoms with Gasteiger partial charge in [0.2, 0.25) is 11.8 Å². The molecule has 2 atom stereocenters. The predicted molar refractivity (Wildman–Crippen MR) is 56.1 cm³/mol. The summed E-state index contributed by atoms with van der Waals surface area (Å²) in [5, 5.41) is 3.39. The second kappa shape index (κ2) is 4.31. The molecule has 2 amide bonds. The number of likely N-dealkylation sites (tertiary alicyclic amines) is 1. The Hall–Kier alpha value is -0.900. The van der Waals surface area contributed by atoms with Gasteiger partial charge in [-0.3, -0.25) is 14.5 Å². The lowest BCUT2D eigenvalue weighted by Crippen LogP contribution is -2.43. The first-order chi connectivity index (χ1) is 7.16. The summed E-state index contributed by atoms with van der Waals surface area (Å²) in [4.78, 5) is 24.3. The molecular weight excluding hydrogens is 192 g/mol. The minimum absolute atomic E-state index is 0.0126. The number of nitrogens with zero attached hydrogens (tertiary/aromatic N) is 1. The summed E-state index contributed by atoms with van der Waals surface area (Å²) in [7, 11) is 0. The smallest absolute Gasteiger partial charge is 0.229 e. The van der Waals surface area contributed by atoms with Gasteiger partial charge in [-0.15, -0.1) is 0 Å². The van der Waals surface area contributed by atoms with Crippen LogP contribution in [0.2, 0.25) is 0 Å². The molecule has 0 aromatic rings. The Balaban J connectivity index is 1.86. The van der Waals surface area contributed by atoms with Crippen molar-refractivity contribution in [2.24, 2.45) is 5.92 Å². The third-order valence-electron chi connectivity index (χ3n) is 3.36. The molecule has 2 saturated heterocycles. The van der Waals surface area contributed by atoms with E-state index < -0.39 is 0 Å². The van der Waals surface area contributed by atoms with E-state index in [1.165, 1.54) is 4.90 Å². The van der Waals surface area contributed by atoms with E-state index in [9.17, 15) is 9.59 Å². The lowest BCUT2D eigenvalue weighted by molar-refractivity contribution is -0.139. The number of nitrogens with one attached hydrogen (secondary N) is 1. The summed E-state index contributed by atoms with van der Waals surface area (Å²) >= 11 is 0. The molecule has 0 aromatic carbocycles. The van der Waals surface area contributed by atoms with Gasteiger partial charge >= 0.3 is 0 Å². The van der Waals surface area contributed by atoms with Crippen molar-refractivity contribution in [3.8, 4) is 0 Å². The second-order valence-corrected chi connectivity index (χ2v) is 4.65. The number of piperidine rings is 1. The van der Waals surface area contributed by atoms with E-state index in [4.69, 9.17) is 0 Å². The van der Waals surface area contributed by atoms with Gasteiger partial charge in [0.15, 0.2) is 0 Å². The summed E-state index contributed by atoms with van der Waals surface area (Å²) in [5.41, 5.74) is 0. The standard InChI is InChI=1S/C11H18N2O2/c1-8-2-3-9(6-12-8)7-13-10(14)4-5-11(13)15/h8-9,12H,2-7H2,1H3. The fourth-order valence-corrected chi connectivity index (χ4v) is 2.30. The summed E-state index contributed by atoms with van der Waals surface area (Å²) in [6.07, 6.45) is 3.08. The van der Waals surface area contributed by atoms with Gasteiger partial charge in [0.1, 0.15) is 0 Å². The lowest BCUT2D eigenvalue weighted by atomic mass is 9.95. The van der Waals surface area contributed by atoms with E-state index in [1.54, 1.807) is 0 Å². The van der Waals surface area contributed by atoms with Gasteiger partial charge in [-0.1, -0.05) is 0 Å². The molecule has 0 radical (unpaired) electrons. The third-order valence-corrected chi connectivity index (χ3v) is 3.36. The maximum absolute atomic E-state index is 11.4. The molecule has 0 saturated carbocycles. The first-order valence-electron chi connectivity index (χ1n) is 5.73. The Morgan fingerprint density at radius 2 is 1.93 bits per heavy atom. The topological polar surface area (TPSA) is 49.4 Å². The molecule has 2 aliphatic heterocycles. The van der Waals surface area contributed by atoms with Crippen LogP contribution in [0.25, 0.3) is 0 Å². The van der Waals surface area contributed by atoms with Crippen molar-refractivity contribution in [1.29, 1.82) is 0 Å². The third kappa shape index (κ3) is 2.37. The van der Waals surface area contributed by atoms with Crippen LogP contribution < -0.4 is 5.32 Å². The van der Waals surface area contributed by atoms with Crippen molar-refractivity contribution in [2.75, 3.05) is 13.1 Å². The Morgan fingerprint density at radius 3 is 2.47 bits per heavy atom. The average Bonchev–Trinajstić information content (AvgIpc) is 2.53. The number of carbonyl (C=O) groups excluding carboxylic acids is 2. The van der Waals surface area contributed by atoms with Crippen molar-refractivity contribution < 1.29 is 9.59 Å². The molecule has 15 heavy (non-hydrogen) atoms. The van der Waals surface area contributed by atoms with Crippen LogP contribution >= 0.6 is 0 Å². The van der Waals surface area contributed by atoms with Gasteiger partial charge in [0.25, 0.3) is 0 Å². The first-order valence-corrected chi connectivity index (χ1v) is 5.73. The van der Waals surface area contributed by atoms with E-state index in [0.717, 1.165) is 19.4 Å². The molecule has 2 rings (SSSR count). The molecule has 84 valence electrons. The molecule has 2 aliphatic rings. The zero-order valence-corrected chi connectivity index (χ0v) is 9.16. The Labute approximate surface area is 90.0 Å². The molecule has 2 heterocycles. The Kier molecular flexibility index (Phi) is 3.05. The highest BCUT2D eigenvalue weighted by molar-refractivity contribution is 6.01. The highest BCUT2D eigenvalue weighted by atomic mass is 16.2. The summed E-state index contributed by atoms with van der Waals surface area (Å²) in [6, 6.07) is 0.575. The molecule has 2 fully saturated rings. The summed E-state index contributed by atoms with van der Waals surface area (Å²) in [5.74, 6) is 0.476. The first kappa shape index (κ1) is 10.6. The predicted octanol–water partition coefficient (Wildman–Crippen LogP) is 0.523. The maximum Gasteiger partial charge on any atom is 0.229 e. The zero-order valence-electron chi connectivity index (χ0n) is 9.16. The van der Waals surface area contributed by atoms with Crippen LogP contribution in [-0.2, 0) is 9.59 Å². The van der Waals surface area contributed by atoms with E-state index in [1.807, 2.05) is 0 Å². The normalized spacial score (nSPS) is 32.5. The largest absolute Gasteiger partial charge is 0.314 e. The summed E-state index contributed by atoms with van der Waals surface area (Å²) < 4.78 is 0. The van der Waals surface area contributed by atoms with Gasteiger partial charge in [0, 0.05) is 25.4 Å². The van der Waals surface area contributed by atoms with Gasteiger partial charge in [-0.2, -0.15) is 0 Å². The van der Waals surface area contributed by atoms with E-state index in [-0.39, 0.29) is 11.8 Å². The summed E-state index contributed by atoms with van der Waals surface area (Å²) in [6.45, 7) is 3.72. The van der Waals surface area contributed by atoms with Crippen LogP contribution in [0, 0.1) is 5.92 Å². The van der Waals surface area contributed by atoms with Crippen LogP contribution in [0.15, 0.2) is 0 Å². The van der Waals surface area contributed by atoms with Gasteiger partial charge in [0.05, 0.1) is 0 Å². The van der Waals surface area contributed by atoms with Gasteiger partial charge in [-0.25, -0.2) is 0 Å².